The summed E-state index contributed by atoms with van der Waals surface area (Å²) >= 11 is 1.83. The van der Waals surface area contributed by atoms with Gasteiger partial charge in [-0.05, 0) is 53.6 Å². The second kappa shape index (κ2) is 8.65. The van der Waals surface area contributed by atoms with E-state index in [-0.39, 0.29) is 0 Å². The molecular weight excluding hydrogens is 498 g/mol. The van der Waals surface area contributed by atoms with Crippen LogP contribution in [0, 0.1) is 0 Å². The van der Waals surface area contributed by atoms with E-state index in [2.05, 4.69) is 99.9 Å². The molecule has 6 aromatic rings. The summed E-state index contributed by atoms with van der Waals surface area (Å²) in [6.07, 6.45) is 5.17. The third-order valence-electron chi connectivity index (χ3n) is 7.63. The van der Waals surface area contributed by atoms with Gasteiger partial charge in [-0.1, -0.05) is 78.5 Å². The van der Waals surface area contributed by atoms with Crippen LogP contribution >= 0.6 is 11.8 Å². The SMILES string of the molecule is c1ccc(-c2ccc3c(c2)Oc2cc(-c4ccncn4)ccc2C32c3ccccc3Sc3ccccc32)nc1. The Morgan fingerprint density at radius 1 is 0.538 bits per heavy atom. The molecule has 0 radical (unpaired) electrons. The van der Waals surface area contributed by atoms with Crippen LogP contribution in [0.4, 0.5) is 0 Å². The molecule has 2 aromatic heterocycles. The summed E-state index contributed by atoms with van der Waals surface area (Å²) in [7, 11) is 0. The molecule has 184 valence electrons. The number of pyridine rings is 1. The highest BCUT2D eigenvalue weighted by Crippen LogP contribution is 2.61. The molecule has 8 rings (SSSR count). The molecule has 4 aromatic carbocycles. The van der Waals surface area contributed by atoms with Crippen LogP contribution in [0.5, 0.6) is 11.5 Å². The highest BCUT2D eigenvalue weighted by molar-refractivity contribution is 7.99. The Kier molecular flexibility index (Phi) is 4.94. The first-order valence-corrected chi connectivity index (χ1v) is 13.7. The molecule has 0 fully saturated rings. The van der Waals surface area contributed by atoms with Crippen molar-refractivity contribution >= 4 is 11.8 Å². The smallest absolute Gasteiger partial charge is 0.132 e. The van der Waals surface area contributed by atoms with E-state index in [0.717, 1.165) is 45.1 Å². The highest BCUT2D eigenvalue weighted by atomic mass is 32.2. The van der Waals surface area contributed by atoms with Crippen LogP contribution in [-0.2, 0) is 5.41 Å². The number of nitrogens with zero attached hydrogens (tertiary/aromatic N) is 3. The monoisotopic (exact) mass is 519 g/mol. The molecule has 0 saturated heterocycles. The van der Waals surface area contributed by atoms with E-state index in [4.69, 9.17) is 4.74 Å². The van der Waals surface area contributed by atoms with Crippen LogP contribution in [-0.4, -0.2) is 15.0 Å². The van der Waals surface area contributed by atoms with Gasteiger partial charge in [0, 0.05) is 44.4 Å². The lowest BCUT2D eigenvalue weighted by atomic mass is 9.63. The zero-order chi connectivity index (χ0) is 25.8. The molecular formula is C34H21N3OS. The fourth-order valence-electron chi connectivity index (χ4n) is 5.99. The molecule has 0 aliphatic carbocycles. The standard InChI is InChI=1S/C34H21N3OS/c1-3-10-32-26(7-1)34(27-8-2-4-11-33(27)39-32)24-14-12-22(28-9-5-6-17-36-28)19-30(24)38-31-20-23(13-15-25(31)34)29-16-18-35-21-37-29/h1-21H. The lowest BCUT2D eigenvalue weighted by Gasteiger charge is -2.45. The lowest BCUT2D eigenvalue weighted by Crippen LogP contribution is -2.36. The van der Waals surface area contributed by atoms with Crippen LogP contribution in [0.3, 0.4) is 0 Å². The van der Waals surface area contributed by atoms with Crippen LogP contribution in [0.1, 0.15) is 22.3 Å². The van der Waals surface area contributed by atoms with Gasteiger partial charge in [-0.3, -0.25) is 4.98 Å². The molecule has 4 nitrogen and oxygen atoms in total. The van der Waals surface area contributed by atoms with E-state index in [1.165, 1.54) is 20.9 Å². The second-order valence-electron chi connectivity index (χ2n) is 9.68. The molecule has 0 atom stereocenters. The van der Waals surface area contributed by atoms with Gasteiger partial charge >= 0.3 is 0 Å². The molecule has 39 heavy (non-hydrogen) atoms. The third-order valence-corrected chi connectivity index (χ3v) is 8.78. The maximum atomic E-state index is 6.78. The maximum absolute atomic E-state index is 6.78. The highest BCUT2D eigenvalue weighted by Gasteiger charge is 2.49. The van der Waals surface area contributed by atoms with Crippen molar-refractivity contribution in [2.45, 2.75) is 15.2 Å². The Hall–Kier alpha value is -4.74. The van der Waals surface area contributed by atoms with E-state index in [1.807, 2.05) is 42.2 Å². The first kappa shape index (κ1) is 22.3. The number of ether oxygens (including phenoxy) is 1. The van der Waals surface area contributed by atoms with Crippen molar-refractivity contribution < 1.29 is 4.74 Å². The van der Waals surface area contributed by atoms with Crippen molar-refractivity contribution in [3.05, 3.63) is 150 Å². The molecule has 0 N–H and O–H groups in total. The van der Waals surface area contributed by atoms with Crippen molar-refractivity contribution in [1.29, 1.82) is 0 Å². The fourth-order valence-corrected chi connectivity index (χ4v) is 7.18. The second-order valence-corrected chi connectivity index (χ2v) is 10.8. The summed E-state index contributed by atoms with van der Waals surface area (Å²) in [5.74, 6) is 1.66. The van der Waals surface area contributed by atoms with Gasteiger partial charge in [0.1, 0.15) is 17.8 Å². The number of aromatic nitrogens is 3. The molecule has 0 saturated carbocycles. The number of hydrogen-bond acceptors (Lipinski definition) is 5. The largest absolute Gasteiger partial charge is 0.457 e. The molecule has 0 bridgehead atoms. The van der Waals surface area contributed by atoms with Crippen LogP contribution < -0.4 is 4.74 Å². The first-order chi connectivity index (χ1) is 19.3. The summed E-state index contributed by atoms with van der Waals surface area (Å²) < 4.78 is 6.78. The summed E-state index contributed by atoms with van der Waals surface area (Å²) in [4.78, 5) is 15.7. The fraction of sp³-hybridized carbons (Fsp3) is 0.0294. The van der Waals surface area contributed by atoms with Gasteiger partial charge < -0.3 is 4.74 Å². The molecule has 1 spiro atoms. The summed E-state index contributed by atoms with van der Waals surface area (Å²) in [6.45, 7) is 0. The number of rotatable bonds is 2. The van der Waals surface area contributed by atoms with Gasteiger partial charge in [-0.2, -0.15) is 0 Å². The van der Waals surface area contributed by atoms with Gasteiger partial charge in [0.25, 0.3) is 0 Å². The van der Waals surface area contributed by atoms with Crippen LogP contribution in [0.2, 0.25) is 0 Å². The van der Waals surface area contributed by atoms with Crippen molar-refractivity contribution in [2.75, 3.05) is 0 Å². The van der Waals surface area contributed by atoms with Crippen molar-refractivity contribution in [3.8, 4) is 34.0 Å². The average Bonchev–Trinajstić information content (AvgIpc) is 3.01. The minimum atomic E-state index is -0.534. The number of benzene rings is 4. The molecule has 0 unspecified atom stereocenters. The van der Waals surface area contributed by atoms with E-state index in [0.29, 0.717) is 0 Å². The lowest BCUT2D eigenvalue weighted by molar-refractivity contribution is 0.431. The predicted molar refractivity (Wildman–Crippen MR) is 153 cm³/mol. The Morgan fingerprint density at radius 3 is 1.74 bits per heavy atom. The van der Waals surface area contributed by atoms with E-state index < -0.39 is 5.41 Å². The summed E-state index contributed by atoms with van der Waals surface area (Å²) in [5.41, 5.74) is 8.03. The van der Waals surface area contributed by atoms with E-state index >= 15 is 0 Å². The van der Waals surface area contributed by atoms with Gasteiger partial charge in [0.15, 0.2) is 0 Å². The van der Waals surface area contributed by atoms with E-state index in [9.17, 15) is 0 Å². The Bertz CT molecular complexity index is 1740. The van der Waals surface area contributed by atoms with Crippen molar-refractivity contribution in [2.24, 2.45) is 0 Å². The Balaban J connectivity index is 1.46. The maximum Gasteiger partial charge on any atom is 0.132 e. The zero-order valence-corrected chi connectivity index (χ0v) is 21.6. The molecule has 2 aliphatic rings. The van der Waals surface area contributed by atoms with E-state index in [1.54, 1.807) is 12.5 Å². The quantitative estimate of drug-likeness (QED) is 0.231. The minimum absolute atomic E-state index is 0.534. The molecule has 5 heteroatoms. The number of fused-ring (bicyclic) bond motifs is 8. The molecule has 0 amide bonds. The third kappa shape index (κ3) is 3.30. The molecule has 4 heterocycles. The minimum Gasteiger partial charge on any atom is -0.457 e. The Labute approximate surface area is 230 Å². The predicted octanol–water partition coefficient (Wildman–Crippen LogP) is 8.16. The topological polar surface area (TPSA) is 47.9 Å². The molecule has 2 aliphatic heterocycles. The van der Waals surface area contributed by atoms with Gasteiger partial charge in [0.05, 0.1) is 16.8 Å². The number of hydrogen-bond donors (Lipinski definition) is 0. The van der Waals surface area contributed by atoms with Crippen molar-refractivity contribution in [1.82, 2.24) is 15.0 Å². The zero-order valence-electron chi connectivity index (χ0n) is 20.8. The van der Waals surface area contributed by atoms with Gasteiger partial charge in [-0.25, -0.2) is 9.97 Å². The summed E-state index contributed by atoms with van der Waals surface area (Å²) in [6, 6.07) is 38.4. The Morgan fingerprint density at radius 2 is 1.15 bits per heavy atom. The van der Waals surface area contributed by atoms with Crippen LogP contribution in [0.25, 0.3) is 22.5 Å². The normalized spacial score (nSPS) is 13.9. The van der Waals surface area contributed by atoms with Gasteiger partial charge in [-0.15, -0.1) is 0 Å². The van der Waals surface area contributed by atoms with Gasteiger partial charge in [0.2, 0.25) is 0 Å². The van der Waals surface area contributed by atoms with Crippen LogP contribution in [0.15, 0.2) is 138 Å². The average molecular weight is 520 g/mol. The summed E-state index contributed by atoms with van der Waals surface area (Å²) in [5, 5.41) is 0. The first-order valence-electron chi connectivity index (χ1n) is 12.8. The van der Waals surface area contributed by atoms with Crippen molar-refractivity contribution in [3.63, 3.8) is 0 Å².